The lowest BCUT2D eigenvalue weighted by atomic mass is 9.91. The summed E-state index contributed by atoms with van der Waals surface area (Å²) in [5.41, 5.74) is -0.250. The first-order valence-electron chi connectivity index (χ1n) is 5.41. The quantitative estimate of drug-likeness (QED) is 0.674. The van der Waals surface area contributed by atoms with Crippen LogP contribution in [0.3, 0.4) is 0 Å². The molecule has 0 atom stereocenters. The second-order valence-corrected chi connectivity index (χ2v) is 5.78. The molecule has 0 fully saturated rings. The van der Waals surface area contributed by atoms with Crippen LogP contribution in [0.15, 0.2) is 0 Å². The third-order valence-corrected chi connectivity index (χ3v) is 2.84. The highest BCUT2D eigenvalue weighted by atomic mass is 16.5. The standard InChI is InChI=1S/C12H25NO2/c1-11(2,3)8-9-13(6)12(4,5)10(14)15-7/h8-9H2,1-7H3. The van der Waals surface area contributed by atoms with E-state index < -0.39 is 5.54 Å². The highest BCUT2D eigenvalue weighted by molar-refractivity contribution is 5.79. The smallest absolute Gasteiger partial charge is 0.325 e. The number of ether oxygens (including phenoxy) is 1. The predicted molar refractivity (Wildman–Crippen MR) is 62.8 cm³/mol. The number of nitrogens with zero attached hydrogens (tertiary/aromatic N) is 1. The fourth-order valence-electron chi connectivity index (χ4n) is 1.19. The van der Waals surface area contributed by atoms with Gasteiger partial charge in [-0.05, 0) is 39.3 Å². The molecule has 0 aromatic carbocycles. The maximum absolute atomic E-state index is 11.5. The Kier molecular flexibility index (Phi) is 4.78. The Morgan fingerprint density at radius 2 is 1.67 bits per heavy atom. The molecule has 0 heterocycles. The summed E-state index contributed by atoms with van der Waals surface area (Å²) >= 11 is 0. The fourth-order valence-corrected chi connectivity index (χ4v) is 1.19. The largest absolute Gasteiger partial charge is 0.468 e. The molecule has 0 rings (SSSR count). The van der Waals surface area contributed by atoms with Crippen LogP contribution in [0.5, 0.6) is 0 Å². The minimum atomic E-state index is -0.542. The van der Waals surface area contributed by atoms with Crippen LogP contribution in [0.25, 0.3) is 0 Å². The molecule has 0 aromatic rings. The van der Waals surface area contributed by atoms with E-state index in [4.69, 9.17) is 4.74 Å². The van der Waals surface area contributed by atoms with Crippen LogP contribution in [-0.2, 0) is 9.53 Å². The number of carbonyl (C=O) groups excluding carboxylic acids is 1. The lowest BCUT2D eigenvalue weighted by molar-refractivity contribution is -0.152. The Balaban J connectivity index is 4.32. The van der Waals surface area contributed by atoms with Crippen molar-refractivity contribution in [3.63, 3.8) is 0 Å². The van der Waals surface area contributed by atoms with Crippen molar-refractivity contribution in [2.75, 3.05) is 20.7 Å². The Morgan fingerprint density at radius 1 is 1.20 bits per heavy atom. The molecule has 0 aromatic heterocycles. The molecule has 0 saturated heterocycles. The van der Waals surface area contributed by atoms with Crippen LogP contribution in [0.4, 0.5) is 0 Å². The SMILES string of the molecule is COC(=O)C(C)(C)N(C)CCC(C)(C)C. The monoisotopic (exact) mass is 215 g/mol. The average molecular weight is 215 g/mol. The second kappa shape index (κ2) is 4.97. The van der Waals surface area contributed by atoms with Crippen molar-refractivity contribution >= 4 is 5.97 Å². The Morgan fingerprint density at radius 3 is 2.00 bits per heavy atom. The first-order valence-corrected chi connectivity index (χ1v) is 5.41. The molecule has 15 heavy (non-hydrogen) atoms. The van der Waals surface area contributed by atoms with E-state index >= 15 is 0 Å². The zero-order valence-corrected chi connectivity index (χ0v) is 11.2. The van der Waals surface area contributed by atoms with E-state index in [9.17, 15) is 4.79 Å². The summed E-state index contributed by atoms with van der Waals surface area (Å²) in [6.07, 6.45) is 1.06. The van der Waals surface area contributed by atoms with E-state index in [1.807, 2.05) is 25.8 Å². The zero-order chi connectivity index (χ0) is 12.3. The Hall–Kier alpha value is -0.570. The van der Waals surface area contributed by atoms with Gasteiger partial charge in [-0.1, -0.05) is 20.8 Å². The maximum Gasteiger partial charge on any atom is 0.325 e. The van der Waals surface area contributed by atoms with Gasteiger partial charge >= 0.3 is 5.97 Å². The number of esters is 1. The van der Waals surface area contributed by atoms with Crippen molar-refractivity contribution < 1.29 is 9.53 Å². The number of likely N-dealkylation sites (N-methyl/N-ethyl adjacent to an activating group) is 1. The molecule has 0 amide bonds. The molecule has 3 heteroatoms. The molecule has 0 bridgehead atoms. The van der Waals surface area contributed by atoms with Crippen LogP contribution < -0.4 is 0 Å². The molecular formula is C12H25NO2. The molecule has 0 radical (unpaired) electrons. The molecular weight excluding hydrogens is 190 g/mol. The summed E-state index contributed by atoms with van der Waals surface area (Å²) < 4.78 is 4.79. The highest BCUT2D eigenvalue weighted by Crippen LogP contribution is 2.22. The van der Waals surface area contributed by atoms with E-state index in [1.54, 1.807) is 0 Å². The first kappa shape index (κ1) is 14.4. The Labute approximate surface area is 93.8 Å². The molecule has 3 nitrogen and oxygen atoms in total. The van der Waals surface area contributed by atoms with Gasteiger partial charge in [0.2, 0.25) is 0 Å². The van der Waals surface area contributed by atoms with Crippen LogP contribution in [0, 0.1) is 5.41 Å². The zero-order valence-electron chi connectivity index (χ0n) is 11.2. The molecule has 0 aliphatic rings. The normalized spacial score (nSPS) is 13.1. The predicted octanol–water partition coefficient (Wildman–Crippen LogP) is 2.31. The van der Waals surface area contributed by atoms with Crippen LogP contribution in [-0.4, -0.2) is 37.1 Å². The number of rotatable bonds is 4. The van der Waals surface area contributed by atoms with E-state index in [-0.39, 0.29) is 5.97 Å². The topological polar surface area (TPSA) is 29.5 Å². The van der Waals surface area contributed by atoms with Gasteiger partial charge in [-0.2, -0.15) is 0 Å². The van der Waals surface area contributed by atoms with E-state index in [1.165, 1.54) is 7.11 Å². The van der Waals surface area contributed by atoms with E-state index in [0.717, 1.165) is 13.0 Å². The van der Waals surface area contributed by atoms with Crippen molar-refractivity contribution in [1.82, 2.24) is 4.90 Å². The van der Waals surface area contributed by atoms with Crippen molar-refractivity contribution in [1.29, 1.82) is 0 Å². The van der Waals surface area contributed by atoms with Gasteiger partial charge in [0.05, 0.1) is 7.11 Å². The molecule has 0 aliphatic carbocycles. The summed E-state index contributed by atoms with van der Waals surface area (Å²) in [6, 6.07) is 0. The minimum Gasteiger partial charge on any atom is -0.468 e. The van der Waals surface area contributed by atoms with Crippen LogP contribution in [0.1, 0.15) is 41.0 Å². The van der Waals surface area contributed by atoms with Gasteiger partial charge in [-0.25, -0.2) is 0 Å². The molecule has 0 saturated carbocycles. The summed E-state index contributed by atoms with van der Waals surface area (Å²) in [4.78, 5) is 13.6. The summed E-state index contributed by atoms with van der Waals surface area (Å²) in [5.74, 6) is -0.182. The summed E-state index contributed by atoms with van der Waals surface area (Å²) in [7, 11) is 3.39. The minimum absolute atomic E-state index is 0.182. The van der Waals surface area contributed by atoms with Gasteiger partial charge in [-0.3, -0.25) is 9.69 Å². The number of carbonyl (C=O) groups is 1. The molecule has 0 aliphatic heterocycles. The third-order valence-electron chi connectivity index (χ3n) is 2.84. The van der Waals surface area contributed by atoms with Gasteiger partial charge in [0.15, 0.2) is 0 Å². The number of hydrogen-bond donors (Lipinski definition) is 0. The molecule has 90 valence electrons. The highest BCUT2D eigenvalue weighted by Gasteiger charge is 2.33. The van der Waals surface area contributed by atoms with Crippen molar-refractivity contribution in [3.8, 4) is 0 Å². The van der Waals surface area contributed by atoms with E-state index in [0.29, 0.717) is 5.41 Å². The molecule has 0 unspecified atom stereocenters. The van der Waals surface area contributed by atoms with Gasteiger partial charge in [0, 0.05) is 0 Å². The Bertz CT molecular complexity index is 216. The van der Waals surface area contributed by atoms with E-state index in [2.05, 4.69) is 20.8 Å². The van der Waals surface area contributed by atoms with Crippen molar-refractivity contribution in [3.05, 3.63) is 0 Å². The summed E-state index contributed by atoms with van der Waals surface area (Å²) in [5, 5.41) is 0. The number of methoxy groups -OCH3 is 1. The molecule has 0 spiro atoms. The number of hydrogen-bond acceptors (Lipinski definition) is 3. The van der Waals surface area contributed by atoms with Crippen LogP contribution in [0.2, 0.25) is 0 Å². The summed E-state index contributed by atoms with van der Waals surface area (Å²) in [6.45, 7) is 11.3. The van der Waals surface area contributed by atoms with Gasteiger partial charge in [-0.15, -0.1) is 0 Å². The third kappa shape index (κ3) is 4.65. The second-order valence-electron chi connectivity index (χ2n) is 5.78. The van der Waals surface area contributed by atoms with Crippen molar-refractivity contribution in [2.45, 2.75) is 46.6 Å². The van der Waals surface area contributed by atoms with Gasteiger partial charge in [0.1, 0.15) is 5.54 Å². The van der Waals surface area contributed by atoms with Crippen molar-refractivity contribution in [2.24, 2.45) is 5.41 Å². The fraction of sp³-hybridized carbons (Fsp3) is 0.917. The van der Waals surface area contributed by atoms with Gasteiger partial charge in [0.25, 0.3) is 0 Å². The van der Waals surface area contributed by atoms with Gasteiger partial charge < -0.3 is 4.74 Å². The first-order chi connectivity index (χ1) is 6.61. The lowest BCUT2D eigenvalue weighted by Crippen LogP contribution is -2.49. The molecule has 0 N–H and O–H groups in total. The maximum atomic E-state index is 11.5. The lowest BCUT2D eigenvalue weighted by Gasteiger charge is -2.34. The van der Waals surface area contributed by atoms with Crippen LogP contribution >= 0.6 is 0 Å². The average Bonchev–Trinajstić information content (AvgIpc) is 2.11.